The maximum atomic E-state index is 5.78. The van der Waals surface area contributed by atoms with E-state index in [1.807, 2.05) is 17.8 Å². The Kier molecular flexibility index (Phi) is 3.86. The maximum absolute atomic E-state index is 5.78. The lowest BCUT2D eigenvalue weighted by Gasteiger charge is -2.32. The molecule has 0 N–H and O–H groups in total. The number of aromatic nitrogens is 4. The van der Waals surface area contributed by atoms with Gasteiger partial charge < -0.3 is 4.74 Å². The largest absolute Gasteiger partial charge is 0.374 e. The molecule has 1 fully saturated rings. The molecule has 1 aliphatic heterocycles. The second-order valence-electron chi connectivity index (χ2n) is 4.69. The van der Waals surface area contributed by atoms with Gasteiger partial charge in [0, 0.05) is 30.7 Å². The minimum atomic E-state index is 0.185. The van der Waals surface area contributed by atoms with Gasteiger partial charge in [0.25, 0.3) is 0 Å². The molecule has 2 aromatic rings. The topological polar surface area (TPSA) is 56.1 Å². The molecular weight excluding hydrogens is 262 g/mol. The van der Waals surface area contributed by atoms with E-state index in [0.29, 0.717) is 0 Å². The van der Waals surface area contributed by atoms with Crippen LogP contribution < -0.4 is 0 Å². The summed E-state index contributed by atoms with van der Waals surface area (Å²) in [5, 5.41) is 5.25. The lowest BCUT2D eigenvalue weighted by atomic mass is 10.2. The summed E-state index contributed by atoms with van der Waals surface area (Å²) in [5.41, 5.74) is 0. The van der Waals surface area contributed by atoms with Gasteiger partial charge in [0.1, 0.15) is 12.7 Å². The molecule has 3 rings (SSSR count). The third kappa shape index (κ3) is 3.37. The summed E-state index contributed by atoms with van der Waals surface area (Å²) in [7, 11) is 0. The first-order valence-electron chi connectivity index (χ1n) is 6.37. The first-order chi connectivity index (χ1) is 9.29. The highest BCUT2D eigenvalue weighted by Gasteiger charge is 2.21. The van der Waals surface area contributed by atoms with Gasteiger partial charge in [-0.05, 0) is 6.92 Å². The average Bonchev–Trinajstić information content (AvgIpc) is 3.02. The summed E-state index contributed by atoms with van der Waals surface area (Å²) in [5.74, 6) is 0. The Balaban J connectivity index is 1.55. The van der Waals surface area contributed by atoms with E-state index >= 15 is 0 Å². The van der Waals surface area contributed by atoms with Gasteiger partial charge >= 0.3 is 0 Å². The van der Waals surface area contributed by atoms with Gasteiger partial charge in [-0.1, -0.05) is 0 Å². The van der Waals surface area contributed by atoms with Gasteiger partial charge in [-0.3, -0.25) is 9.58 Å². The van der Waals surface area contributed by atoms with Crippen LogP contribution in [-0.4, -0.2) is 50.4 Å². The van der Waals surface area contributed by atoms with Crippen molar-refractivity contribution < 1.29 is 4.74 Å². The van der Waals surface area contributed by atoms with Gasteiger partial charge in [0.15, 0.2) is 0 Å². The predicted octanol–water partition coefficient (Wildman–Crippen LogP) is 0.944. The van der Waals surface area contributed by atoms with Crippen LogP contribution in [0.2, 0.25) is 0 Å². The predicted molar refractivity (Wildman–Crippen MR) is 71.9 cm³/mol. The van der Waals surface area contributed by atoms with E-state index in [-0.39, 0.29) is 6.10 Å². The van der Waals surface area contributed by atoms with Crippen LogP contribution in [0.4, 0.5) is 0 Å². The van der Waals surface area contributed by atoms with E-state index in [1.165, 1.54) is 4.88 Å². The average molecular weight is 279 g/mol. The molecule has 0 aromatic carbocycles. The maximum Gasteiger partial charge on any atom is 0.137 e. The fraction of sp³-hybridized carbons (Fsp3) is 0.583. The highest BCUT2D eigenvalue weighted by atomic mass is 32.1. The number of ether oxygens (including phenoxy) is 1. The summed E-state index contributed by atoms with van der Waals surface area (Å²) in [6, 6.07) is 0. The smallest absolute Gasteiger partial charge is 0.137 e. The van der Waals surface area contributed by atoms with E-state index in [0.717, 1.165) is 37.8 Å². The molecular formula is C12H17N5OS. The molecule has 2 aromatic heterocycles. The first kappa shape index (κ1) is 12.7. The van der Waals surface area contributed by atoms with Crippen LogP contribution in [0.3, 0.4) is 0 Å². The number of hydrogen-bond acceptors (Lipinski definition) is 6. The second-order valence-corrected chi connectivity index (χ2v) is 6.01. The molecule has 0 bridgehead atoms. The molecule has 1 atom stereocenters. The van der Waals surface area contributed by atoms with Crippen LogP contribution in [-0.2, 0) is 17.8 Å². The van der Waals surface area contributed by atoms with Crippen molar-refractivity contribution in [1.29, 1.82) is 0 Å². The summed E-state index contributed by atoms with van der Waals surface area (Å²) < 4.78 is 7.61. The monoisotopic (exact) mass is 279 g/mol. The number of morpholine rings is 1. The highest BCUT2D eigenvalue weighted by Crippen LogP contribution is 2.16. The summed E-state index contributed by atoms with van der Waals surface area (Å²) in [6.07, 6.45) is 5.45. The molecule has 3 heterocycles. The third-order valence-electron chi connectivity index (χ3n) is 3.13. The summed E-state index contributed by atoms with van der Waals surface area (Å²) in [6.45, 7) is 6.45. The zero-order valence-corrected chi connectivity index (χ0v) is 11.7. The fourth-order valence-electron chi connectivity index (χ4n) is 2.27. The third-order valence-corrected chi connectivity index (χ3v) is 4.03. The fourth-order valence-corrected chi connectivity index (χ4v) is 3.11. The number of rotatable bonds is 4. The van der Waals surface area contributed by atoms with Crippen molar-refractivity contribution in [2.75, 3.05) is 19.7 Å². The van der Waals surface area contributed by atoms with E-state index < -0.39 is 0 Å². The zero-order chi connectivity index (χ0) is 13.1. The van der Waals surface area contributed by atoms with Crippen LogP contribution in [0.1, 0.15) is 9.88 Å². The highest BCUT2D eigenvalue weighted by molar-refractivity contribution is 7.11. The van der Waals surface area contributed by atoms with Crippen molar-refractivity contribution in [3.05, 3.63) is 28.7 Å². The Morgan fingerprint density at radius 3 is 3.21 bits per heavy atom. The molecule has 0 amide bonds. The van der Waals surface area contributed by atoms with Gasteiger partial charge in [-0.2, -0.15) is 5.10 Å². The van der Waals surface area contributed by atoms with Crippen LogP contribution in [0.25, 0.3) is 0 Å². The zero-order valence-electron chi connectivity index (χ0n) is 10.9. The molecule has 0 unspecified atom stereocenters. The van der Waals surface area contributed by atoms with E-state index in [9.17, 15) is 0 Å². The molecule has 102 valence electrons. The molecule has 0 radical (unpaired) electrons. The Morgan fingerprint density at radius 1 is 1.53 bits per heavy atom. The van der Waals surface area contributed by atoms with Crippen molar-refractivity contribution >= 4 is 11.3 Å². The lowest BCUT2D eigenvalue weighted by Crippen LogP contribution is -2.43. The summed E-state index contributed by atoms with van der Waals surface area (Å²) in [4.78, 5) is 12.0. The number of aryl methyl sites for hydroxylation is 1. The van der Waals surface area contributed by atoms with Crippen molar-refractivity contribution in [2.24, 2.45) is 0 Å². The molecule has 6 nitrogen and oxygen atoms in total. The molecule has 7 heteroatoms. The van der Waals surface area contributed by atoms with Crippen LogP contribution in [0.15, 0.2) is 18.9 Å². The minimum absolute atomic E-state index is 0.185. The van der Waals surface area contributed by atoms with E-state index in [2.05, 4.69) is 20.0 Å². The van der Waals surface area contributed by atoms with Gasteiger partial charge in [-0.25, -0.2) is 9.97 Å². The van der Waals surface area contributed by atoms with E-state index in [1.54, 1.807) is 24.0 Å². The molecule has 0 aliphatic carbocycles. The van der Waals surface area contributed by atoms with Crippen LogP contribution >= 0.6 is 11.3 Å². The summed E-state index contributed by atoms with van der Waals surface area (Å²) >= 11 is 1.77. The van der Waals surface area contributed by atoms with Crippen LogP contribution in [0.5, 0.6) is 0 Å². The Morgan fingerprint density at radius 2 is 2.47 bits per heavy atom. The quantitative estimate of drug-likeness (QED) is 0.834. The standard InChI is InChI=1S/C12H17N5OS/c1-10-14-4-12(19-10)7-16-2-3-18-11(5-16)6-17-9-13-8-15-17/h4,8-9,11H,2-3,5-7H2,1H3/t11-/m1/s1. The molecule has 0 spiro atoms. The first-order valence-corrected chi connectivity index (χ1v) is 7.19. The number of hydrogen-bond donors (Lipinski definition) is 0. The van der Waals surface area contributed by atoms with E-state index in [4.69, 9.17) is 4.74 Å². The second kappa shape index (κ2) is 5.77. The Labute approximate surface area is 116 Å². The lowest BCUT2D eigenvalue weighted by molar-refractivity contribution is -0.0400. The van der Waals surface area contributed by atoms with Gasteiger partial charge in [-0.15, -0.1) is 11.3 Å². The van der Waals surface area contributed by atoms with Crippen LogP contribution in [0, 0.1) is 6.92 Å². The van der Waals surface area contributed by atoms with Crippen molar-refractivity contribution in [3.8, 4) is 0 Å². The Hall–Kier alpha value is -1.31. The number of thiazole rings is 1. The normalized spacial score (nSPS) is 20.8. The molecule has 19 heavy (non-hydrogen) atoms. The van der Waals surface area contributed by atoms with Gasteiger partial charge in [0.2, 0.25) is 0 Å². The molecule has 1 saturated heterocycles. The Bertz CT molecular complexity index is 512. The van der Waals surface area contributed by atoms with Crippen molar-refractivity contribution in [1.82, 2.24) is 24.6 Å². The molecule has 1 aliphatic rings. The molecule has 0 saturated carbocycles. The van der Waals surface area contributed by atoms with Crippen molar-refractivity contribution in [2.45, 2.75) is 26.1 Å². The SMILES string of the molecule is Cc1ncc(CN2CCO[C@@H](Cn3cncn3)C2)s1. The number of nitrogens with zero attached hydrogens (tertiary/aromatic N) is 5. The van der Waals surface area contributed by atoms with Gasteiger partial charge in [0.05, 0.1) is 24.3 Å². The van der Waals surface area contributed by atoms with Crippen molar-refractivity contribution in [3.63, 3.8) is 0 Å². The minimum Gasteiger partial charge on any atom is -0.374 e.